The third-order valence-corrected chi connectivity index (χ3v) is 3.18. The van der Waals surface area contributed by atoms with Gasteiger partial charge in [0.05, 0.1) is 6.61 Å². The van der Waals surface area contributed by atoms with Crippen LogP contribution in [0.5, 0.6) is 0 Å². The quantitative estimate of drug-likeness (QED) is 0.532. The largest absolute Gasteiger partial charge is 0.346 e. The molecular formula is C19H22O2. The fourth-order valence-corrected chi connectivity index (χ4v) is 2.07. The third-order valence-electron chi connectivity index (χ3n) is 3.18. The van der Waals surface area contributed by atoms with Gasteiger partial charge in [-0.25, -0.2) is 0 Å². The molecular weight excluding hydrogens is 260 g/mol. The van der Waals surface area contributed by atoms with Crippen molar-refractivity contribution in [1.82, 2.24) is 0 Å². The molecule has 2 heteroatoms. The number of ether oxygens (including phenoxy) is 2. The number of hydrogen-bond donors (Lipinski definition) is 0. The van der Waals surface area contributed by atoms with Crippen molar-refractivity contribution >= 4 is 0 Å². The topological polar surface area (TPSA) is 18.5 Å². The smallest absolute Gasteiger partial charge is 0.164 e. The van der Waals surface area contributed by atoms with Gasteiger partial charge in [-0.1, -0.05) is 66.7 Å². The highest BCUT2D eigenvalue weighted by atomic mass is 16.7. The second kappa shape index (κ2) is 7.21. The Morgan fingerprint density at radius 3 is 2.14 bits per heavy atom. The Kier molecular flexibility index (Phi) is 5.32. The maximum Gasteiger partial charge on any atom is 0.164 e. The van der Waals surface area contributed by atoms with Gasteiger partial charge in [-0.15, -0.1) is 6.58 Å². The lowest BCUT2D eigenvalue weighted by Crippen LogP contribution is -2.29. The first-order valence-electron chi connectivity index (χ1n) is 7.14. The molecule has 2 aromatic carbocycles. The first-order valence-corrected chi connectivity index (χ1v) is 7.14. The molecule has 0 fully saturated rings. The van der Waals surface area contributed by atoms with Crippen molar-refractivity contribution < 1.29 is 9.47 Å². The Bertz CT molecular complexity index is 546. The molecule has 1 atom stereocenters. The van der Waals surface area contributed by atoms with Crippen LogP contribution in [0.25, 0.3) is 0 Å². The van der Waals surface area contributed by atoms with Crippen molar-refractivity contribution in [2.45, 2.75) is 32.3 Å². The Morgan fingerprint density at radius 2 is 1.57 bits per heavy atom. The highest BCUT2D eigenvalue weighted by molar-refractivity contribution is 5.20. The monoisotopic (exact) mass is 282 g/mol. The van der Waals surface area contributed by atoms with Crippen LogP contribution in [0.1, 0.15) is 31.1 Å². The van der Waals surface area contributed by atoms with Crippen molar-refractivity contribution in [3.63, 3.8) is 0 Å². The molecule has 0 aliphatic heterocycles. The molecule has 0 saturated heterocycles. The minimum Gasteiger partial charge on any atom is -0.346 e. The summed E-state index contributed by atoms with van der Waals surface area (Å²) in [6.07, 6.45) is 1.61. The van der Waals surface area contributed by atoms with E-state index >= 15 is 0 Å². The standard InChI is InChI=1S/C19H22O2/c1-4-18(17-13-9-6-10-14-17)21-19(2,3)20-15-16-11-7-5-8-12-16/h4-14,18H,1,15H2,2-3H3. The summed E-state index contributed by atoms with van der Waals surface area (Å²) in [5.74, 6) is -0.690. The van der Waals surface area contributed by atoms with Crippen molar-refractivity contribution in [3.8, 4) is 0 Å². The van der Waals surface area contributed by atoms with Crippen molar-refractivity contribution in [1.29, 1.82) is 0 Å². The first kappa shape index (κ1) is 15.5. The van der Waals surface area contributed by atoms with Crippen LogP contribution in [0.3, 0.4) is 0 Å². The number of benzene rings is 2. The average molecular weight is 282 g/mol. The molecule has 0 saturated carbocycles. The molecule has 110 valence electrons. The van der Waals surface area contributed by atoms with Crippen LogP contribution in [0.4, 0.5) is 0 Å². The maximum absolute atomic E-state index is 6.05. The fraction of sp³-hybridized carbons (Fsp3) is 0.263. The molecule has 2 rings (SSSR count). The molecule has 0 aliphatic rings. The van der Waals surface area contributed by atoms with E-state index in [1.165, 1.54) is 0 Å². The van der Waals surface area contributed by atoms with Crippen LogP contribution in [0, 0.1) is 0 Å². The normalized spacial score (nSPS) is 12.9. The van der Waals surface area contributed by atoms with E-state index < -0.39 is 5.79 Å². The van der Waals surface area contributed by atoms with E-state index in [0.717, 1.165) is 11.1 Å². The van der Waals surface area contributed by atoms with E-state index in [0.29, 0.717) is 6.61 Å². The van der Waals surface area contributed by atoms with Gasteiger partial charge in [0.1, 0.15) is 6.10 Å². The van der Waals surface area contributed by atoms with Gasteiger partial charge in [-0.2, -0.15) is 0 Å². The summed E-state index contributed by atoms with van der Waals surface area (Å²) < 4.78 is 12.0. The van der Waals surface area contributed by atoms with Gasteiger partial charge in [-0.05, 0) is 25.0 Å². The molecule has 0 amide bonds. The van der Waals surface area contributed by atoms with E-state index in [2.05, 4.69) is 6.58 Å². The summed E-state index contributed by atoms with van der Waals surface area (Å²) in [7, 11) is 0. The van der Waals surface area contributed by atoms with E-state index in [9.17, 15) is 0 Å². The van der Waals surface area contributed by atoms with Gasteiger partial charge in [0.2, 0.25) is 0 Å². The predicted octanol–water partition coefficient (Wildman–Crippen LogP) is 4.88. The lowest BCUT2D eigenvalue weighted by molar-refractivity contribution is -0.236. The van der Waals surface area contributed by atoms with Crippen LogP contribution in [0.15, 0.2) is 73.3 Å². The van der Waals surface area contributed by atoms with Gasteiger partial charge in [0, 0.05) is 0 Å². The molecule has 0 aliphatic carbocycles. The lowest BCUT2D eigenvalue weighted by atomic mass is 10.1. The van der Waals surface area contributed by atoms with Crippen LogP contribution in [-0.2, 0) is 16.1 Å². The highest BCUT2D eigenvalue weighted by Gasteiger charge is 2.24. The predicted molar refractivity (Wildman–Crippen MR) is 85.8 cm³/mol. The van der Waals surface area contributed by atoms with E-state index in [4.69, 9.17) is 9.47 Å². The Balaban J connectivity index is 1.97. The van der Waals surface area contributed by atoms with Gasteiger partial charge < -0.3 is 9.47 Å². The van der Waals surface area contributed by atoms with Crippen LogP contribution in [-0.4, -0.2) is 5.79 Å². The number of rotatable bonds is 7. The third kappa shape index (κ3) is 4.85. The van der Waals surface area contributed by atoms with Crippen LogP contribution in [0.2, 0.25) is 0 Å². The molecule has 2 aromatic rings. The summed E-state index contributed by atoms with van der Waals surface area (Å²) in [4.78, 5) is 0. The van der Waals surface area contributed by atoms with Gasteiger partial charge >= 0.3 is 0 Å². The van der Waals surface area contributed by atoms with Crippen molar-refractivity contribution in [2.75, 3.05) is 0 Å². The summed E-state index contributed by atoms with van der Waals surface area (Å²) in [6, 6.07) is 20.1. The summed E-state index contributed by atoms with van der Waals surface area (Å²) >= 11 is 0. The molecule has 0 aromatic heterocycles. The molecule has 0 heterocycles. The summed E-state index contributed by atoms with van der Waals surface area (Å²) in [5, 5.41) is 0. The van der Waals surface area contributed by atoms with Crippen molar-refractivity contribution in [2.24, 2.45) is 0 Å². The average Bonchev–Trinajstić information content (AvgIpc) is 2.53. The summed E-state index contributed by atoms with van der Waals surface area (Å²) in [5.41, 5.74) is 2.20. The van der Waals surface area contributed by atoms with E-state index in [1.807, 2.05) is 74.5 Å². The molecule has 21 heavy (non-hydrogen) atoms. The second-order valence-electron chi connectivity index (χ2n) is 5.36. The Hall–Kier alpha value is -1.90. The molecule has 2 nitrogen and oxygen atoms in total. The van der Waals surface area contributed by atoms with E-state index in [-0.39, 0.29) is 6.10 Å². The molecule has 0 N–H and O–H groups in total. The summed E-state index contributed by atoms with van der Waals surface area (Å²) in [6.45, 7) is 8.23. The zero-order valence-electron chi connectivity index (χ0n) is 12.7. The number of hydrogen-bond acceptors (Lipinski definition) is 2. The van der Waals surface area contributed by atoms with Gasteiger partial charge in [0.25, 0.3) is 0 Å². The zero-order chi connectivity index (χ0) is 15.1. The minimum absolute atomic E-state index is 0.183. The molecule has 0 radical (unpaired) electrons. The van der Waals surface area contributed by atoms with Crippen LogP contribution >= 0.6 is 0 Å². The minimum atomic E-state index is -0.690. The SMILES string of the molecule is C=CC(OC(C)(C)OCc1ccccc1)c1ccccc1. The first-order chi connectivity index (χ1) is 10.1. The Morgan fingerprint density at radius 1 is 1.00 bits per heavy atom. The van der Waals surface area contributed by atoms with Gasteiger partial charge in [0.15, 0.2) is 5.79 Å². The lowest BCUT2D eigenvalue weighted by Gasteiger charge is -2.30. The molecule has 0 bridgehead atoms. The zero-order valence-corrected chi connectivity index (χ0v) is 12.7. The molecule has 1 unspecified atom stereocenters. The van der Waals surface area contributed by atoms with Gasteiger partial charge in [-0.3, -0.25) is 0 Å². The van der Waals surface area contributed by atoms with Crippen LogP contribution < -0.4 is 0 Å². The second-order valence-corrected chi connectivity index (χ2v) is 5.36. The van der Waals surface area contributed by atoms with E-state index in [1.54, 1.807) is 6.08 Å². The molecule has 0 spiro atoms. The fourth-order valence-electron chi connectivity index (χ4n) is 2.07. The highest BCUT2D eigenvalue weighted by Crippen LogP contribution is 2.26. The maximum atomic E-state index is 6.05. The Labute approximate surface area is 127 Å². The van der Waals surface area contributed by atoms with Crippen molar-refractivity contribution in [3.05, 3.63) is 84.4 Å².